The SMILES string of the molecule is CC[C@H]1OC(=O)[C@H](C)[C@@H](O[C@H]2C[C@@](C)(OC)[C@@H](O)[C@H](C)O2)[C@H](C)[C@@H](O[C@@H]2O[C@H](C)C[C@H](N(C)C)[C@H]2O)[C@](C)(O)C[C@@H](C)CN(C(=O)CCCCCCCCCCCCC[P+](C2CCCCC2)(C2CCCCC2)C2CCCCC2)[C@H](C)[C@@H](O)[C@]1(C)O. The van der Waals surface area contributed by atoms with Gasteiger partial charge in [-0.25, -0.2) is 0 Å². The van der Waals surface area contributed by atoms with Crippen LogP contribution in [0.25, 0.3) is 0 Å². The van der Waals surface area contributed by atoms with Gasteiger partial charge in [-0.3, -0.25) is 9.59 Å². The van der Waals surface area contributed by atoms with Crippen LogP contribution in [-0.2, 0) is 38.0 Å². The first kappa shape index (κ1) is 73.0. The molecule has 3 aliphatic heterocycles. The normalized spacial score (nSPS) is 38.9. The minimum Gasteiger partial charge on any atom is -0.459 e. The molecule has 85 heavy (non-hydrogen) atoms. The Morgan fingerprint density at radius 2 is 1.20 bits per heavy atom. The van der Waals surface area contributed by atoms with Crippen molar-refractivity contribution in [2.24, 2.45) is 17.8 Å². The summed E-state index contributed by atoms with van der Waals surface area (Å²) in [4.78, 5) is 32.9. The van der Waals surface area contributed by atoms with Crippen molar-refractivity contribution in [3.05, 3.63) is 0 Å². The van der Waals surface area contributed by atoms with Crippen LogP contribution in [-0.4, -0.2) is 188 Å². The molecule has 18 atom stereocenters. The zero-order chi connectivity index (χ0) is 62.3. The maximum absolute atomic E-state index is 14.7. The van der Waals surface area contributed by atoms with Crippen LogP contribution in [0, 0.1) is 17.8 Å². The van der Waals surface area contributed by atoms with Gasteiger partial charge in [-0.2, -0.15) is 0 Å². The second-order valence-electron chi connectivity index (χ2n) is 29.5. The molecule has 15 nitrogen and oxygen atoms in total. The van der Waals surface area contributed by atoms with E-state index in [-0.39, 0.29) is 56.2 Å². The van der Waals surface area contributed by atoms with Gasteiger partial charge in [0, 0.05) is 45.7 Å². The molecule has 0 spiro atoms. The lowest BCUT2D eigenvalue weighted by atomic mass is 9.77. The molecule has 0 unspecified atom stereocenters. The van der Waals surface area contributed by atoms with E-state index in [2.05, 4.69) is 0 Å². The van der Waals surface area contributed by atoms with E-state index in [0.717, 1.165) is 36.2 Å². The molecule has 1 amide bonds. The summed E-state index contributed by atoms with van der Waals surface area (Å²) in [6.07, 6.45) is 28.4. The second-order valence-corrected chi connectivity index (χ2v) is 34.1. The van der Waals surface area contributed by atoms with Gasteiger partial charge in [-0.05, 0) is 184 Å². The summed E-state index contributed by atoms with van der Waals surface area (Å²) in [6.45, 7) is 17.6. The minimum atomic E-state index is -1.98. The van der Waals surface area contributed by atoms with Gasteiger partial charge in [0.05, 0.1) is 70.7 Å². The van der Waals surface area contributed by atoms with Crippen molar-refractivity contribution >= 4 is 19.1 Å². The fourth-order valence-corrected chi connectivity index (χ4v) is 25.0. The summed E-state index contributed by atoms with van der Waals surface area (Å²) in [6, 6.07) is -1.21. The highest BCUT2D eigenvalue weighted by atomic mass is 31.2. The molecule has 0 aromatic carbocycles. The number of likely N-dealkylation sites (N-methyl/N-ethyl adjacent to an activating group) is 1. The topological polar surface area (TPSA) is 197 Å². The molecule has 0 bridgehead atoms. The average molecular weight is 1220 g/mol. The minimum absolute atomic E-state index is 0.0949. The van der Waals surface area contributed by atoms with E-state index < -0.39 is 103 Å². The lowest BCUT2D eigenvalue weighted by Crippen LogP contribution is -2.60. The number of amides is 1. The Morgan fingerprint density at radius 3 is 1.69 bits per heavy atom. The summed E-state index contributed by atoms with van der Waals surface area (Å²) >= 11 is 0. The Morgan fingerprint density at radius 1 is 0.694 bits per heavy atom. The largest absolute Gasteiger partial charge is 0.459 e. The maximum atomic E-state index is 14.7. The third-order valence-electron chi connectivity index (χ3n) is 22.4. The number of unbranched alkanes of at least 4 members (excludes halogenated alkanes) is 10. The number of rotatable bonds is 24. The highest BCUT2D eigenvalue weighted by molar-refractivity contribution is 7.77. The molecule has 0 radical (unpaired) electrons. The standard InChI is InChI=1S/C69H128N2O13P/c1-14-57-69(10,78)62(74)51(6)71(58(72)41-33-22-20-18-16-15-17-19-21-23-34-42-85(53-35-27-24-28-36-53,54-37-29-25-30-38-54)55-39-31-26-32-40-55)46-47(2)44-67(8,77)64(84-66-60(73)56(70(11)12)43-48(3)80-66)49(4)61(50(5)65(76)82-57)83-59-45-68(9,79-13)63(75)52(7)81-59/h47-57,59-64,66,73-75,77-78H,14-46H2,1-13H3/q+1/t47-,48-,49+,50-,51-,52+,56+,57-,59+,60-,61+,62-,63+,64-,66+,67-,68-,69-/m1/s1. The van der Waals surface area contributed by atoms with Crippen LogP contribution in [0.5, 0.6) is 0 Å². The van der Waals surface area contributed by atoms with Crippen LogP contribution in [0.1, 0.15) is 268 Å². The van der Waals surface area contributed by atoms with E-state index in [1.807, 2.05) is 39.8 Å². The number of carbonyl (C=O) groups is 2. The van der Waals surface area contributed by atoms with Gasteiger partial charge in [0.15, 0.2) is 12.6 Å². The third kappa shape index (κ3) is 19.0. The predicted octanol–water partition coefficient (Wildman–Crippen LogP) is 12.5. The molecule has 496 valence electrons. The molecule has 0 aromatic rings. The molecule has 6 fully saturated rings. The molecule has 5 N–H and O–H groups in total. The van der Waals surface area contributed by atoms with Crippen molar-refractivity contribution in [3.63, 3.8) is 0 Å². The van der Waals surface area contributed by atoms with E-state index in [9.17, 15) is 35.1 Å². The van der Waals surface area contributed by atoms with Crippen LogP contribution in [0.15, 0.2) is 0 Å². The summed E-state index contributed by atoms with van der Waals surface area (Å²) < 4.78 is 38.4. The van der Waals surface area contributed by atoms with Crippen LogP contribution >= 0.6 is 7.26 Å². The van der Waals surface area contributed by atoms with Crippen molar-refractivity contribution in [2.45, 2.75) is 376 Å². The van der Waals surface area contributed by atoms with Crippen molar-refractivity contribution < 1.29 is 63.5 Å². The van der Waals surface area contributed by atoms with Crippen LogP contribution in [0.2, 0.25) is 0 Å². The fourth-order valence-electron chi connectivity index (χ4n) is 17.4. The first-order chi connectivity index (χ1) is 40.3. The first-order valence-electron chi connectivity index (χ1n) is 35.0. The molecule has 3 aliphatic carbocycles. The number of hydrogen-bond donors (Lipinski definition) is 5. The highest BCUT2D eigenvalue weighted by Gasteiger charge is 2.57. The predicted molar refractivity (Wildman–Crippen MR) is 341 cm³/mol. The Labute approximate surface area is 517 Å². The smallest absolute Gasteiger partial charge is 0.311 e. The zero-order valence-electron chi connectivity index (χ0n) is 56.1. The number of aliphatic hydroxyl groups excluding tert-OH is 3. The van der Waals surface area contributed by atoms with Gasteiger partial charge in [0.25, 0.3) is 0 Å². The van der Waals surface area contributed by atoms with Crippen molar-refractivity contribution in [3.8, 4) is 0 Å². The first-order valence-corrected chi connectivity index (χ1v) is 37.2. The highest BCUT2D eigenvalue weighted by Crippen LogP contribution is 2.77. The summed E-state index contributed by atoms with van der Waals surface area (Å²) in [5.74, 6) is -3.16. The molecule has 3 saturated heterocycles. The number of aliphatic hydroxyl groups is 5. The number of methoxy groups -OCH3 is 1. The van der Waals surface area contributed by atoms with Crippen LogP contribution < -0.4 is 0 Å². The van der Waals surface area contributed by atoms with Crippen LogP contribution in [0.3, 0.4) is 0 Å². The van der Waals surface area contributed by atoms with Gasteiger partial charge in [0.1, 0.15) is 30.0 Å². The van der Waals surface area contributed by atoms with Crippen molar-refractivity contribution in [2.75, 3.05) is 33.9 Å². The van der Waals surface area contributed by atoms with E-state index in [4.69, 9.17) is 28.4 Å². The number of esters is 1. The Kier molecular flexibility index (Phi) is 29.2. The van der Waals surface area contributed by atoms with E-state index in [0.29, 0.717) is 12.8 Å². The van der Waals surface area contributed by atoms with Crippen molar-refractivity contribution in [1.82, 2.24) is 9.80 Å². The lowest BCUT2D eigenvalue weighted by Gasteiger charge is -2.49. The quantitative estimate of drug-likeness (QED) is 0.0348. The molecule has 6 aliphatic rings. The van der Waals surface area contributed by atoms with Crippen molar-refractivity contribution in [1.29, 1.82) is 0 Å². The fraction of sp³-hybridized carbons (Fsp3) is 0.971. The maximum Gasteiger partial charge on any atom is 0.311 e. The number of nitrogens with zero attached hydrogens (tertiary/aromatic N) is 2. The Bertz CT molecular complexity index is 1900. The summed E-state index contributed by atoms with van der Waals surface area (Å²) in [7, 11) is 4.32. The molecular weight excluding hydrogens is 1100 g/mol. The molecule has 6 rings (SSSR count). The van der Waals surface area contributed by atoms with Gasteiger partial charge < -0.3 is 63.8 Å². The summed E-state index contributed by atoms with van der Waals surface area (Å²) in [5, 5.41) is 60.6. The lowest BCUT2D eigenvalue weighted by molar-refractivity contribution is -0.318. The van der Waals surface area contributed by atoms with E-state index in [1.165, 1.54) is 117 Å². The van der Waals surface area contributed by atoms with Gasteiger partial charge in [-0.15, -0.1) is 0 Å². The number of carbonyl (C=O) groups excluding carboxylic acids is 2. The van der Waals surface area contributed by atoms with Gasteiger partial charge in [-0.1, -0.05) is 91.4 Å². The van der Waals surface area contributed by atoms with Gasteiger partial charge in [0.2, 0.25) is 5.91 Å². The molecule has 16 heteroatoms. The van der Waals surface area contributed by atoms with Crippen LogP contribution in [0.4, 0.5) is 0 Å². The average Bonchev–Trinajstić information content (AvgIpc) is 2.04. The molecule has 0 aromatic heterocycles. The molecular formula is C69H128N2O13P+. The Hall–Kier alpha value is -1.07. The second kappa shape index (κ2) is 34.0. The van der Waals surface area contributed by atoms with E-state index in [1.54, 1.807) is 91.1 Å². The molecule has 3 saturated carbocycles. The number of ether oxygens (including phenoxy) is 6. The number of hydrogen-bond acceptors (Lipinski definition) is 14. The van der Waals surface area contributed by atoms with E-state index >= 15 is 0 Å². The third-order valence-corrected chi connectivity index (χ3v) is 29.2. The number of cyclic esters (lactones) is 1. The molecule has 3 heterocycles. The Balaban J connectivity index is 1.09. The summed E-state index contributed by atoms with van der Waals surface area (Å²) in [5.41, 5.74) is -1.48. The monoisotopic (exact) mass is 1220 g/mol. The zero-order valence-corrected chi connectivity index (χ0v) is 57.0. The van der Waals surface area contributed by atoms with Gasteiger partial charge >= 0.3 is 5.97 Å².